The first-order chi connectivity index (χ1) is 9.72. The predicted molar refractivity (Wildman–Crippen MR) is 86.7 cm³/mol. The van der Waals surface area contributed by atoms with Crippen molar-refractivity contribution < 1.29 is 5.11 Å². The lowest BCUT2D eigenvalue weighted by Crippen LogP contribution is -2.20. The maximum absolute atomic E-state index is 10.0. The molecule has 106 valence electrons. The summed E-state index contributed by atoms with van der Waals surface area (Å²) in [4.78, 5) is 0. The topological polar surface area (TPSA) is 32.3 Å². The molecular weight excluding hydrogens is 314 g/mol. The molecule has 0 saturated heterocycles. The van der Waals surface area contributed by atoms with Gasteiger partial charge in [-0.15, -0.1) is 0 Å². The number of hydrogen-bond acceptors (Lipinski definition) is 2. The summed E-state index contributed by atoms with van der Waals surface area (Å²) in [7, 11) is 0. The molecular formula is C17H20BrNO. The number of phenolic OH excluding ortho intramolecular Hbond substituents is 1. The van der Waals surface area contributed by atoms with E-state index in [1.165, 1.54) is 5.56 Å². The summed E-state index contributed by atoms with van der Waals surface area (Å²) < 4.78 is 0.739. The lowest BCUT2D eigenvalue weighted by Gasteiger charge is -2.19. The van der Waals surface area contributed by atoms with Gasteiger partial charge in [0.1, 0.15) is 5.75 Å². The highest BCUT2D eigenvalue weighted by atomic mass is 79.9. The first-order valence-corrected chi connectivity index (χ1v) is 7.76. The molecule has 0 aliphatic carbocycles. The average Bonchev–Trinajstić information content (AvgIpc) is 2.48. The van der Waals surface area contributed by atoms with E-state index in [1.54, 1.807) is 0 Å². The van der Waals surface area contributed by atoms with Crippen LogP contribution in [0.3, 0.4) is 0 Å². The monoisotopic (exact) mass is 333 g/mol. The van der Waals surface area contributed by atoms with Gasteiger partial charge in [-0.3, -0.25) is 0 Å². The van der Waals surface area contributed by atoms with Crippen molar-refractivity contribution in [1.29, 1.82) is 0 Å². The van der Waals surface area contributed by atoms with Crippen LogP contribution in [0.15, 0.2) is 53.0 Å². The third kappa shape index (κ3) is 3.84. The SMILES string of the molecule is CCCC(NCc1cccc(Br)c1O)c1ccccc1. The van der Waals surface area contributed by atoms with Crippen molar-refractivity contribution in [3.05, 3.63) is 64.1 Å². The van der Waals surface area contributed by atoms with E-state index in [9.17, 15) is 5.11 Å². The Morgan fingerprint density at radius 2 is 1.85 bits per heavy atom. The van der Waals surface area contributed by atoms with E-state index in [0.717, 1.165) is 22.9 Å². The lowest BCUT2D eigenvalue weighted by atomic mass is 10.0. The van der Waals surface area contributed by atoms with Crippen LogP contribution in [-0.2, 0) is 6.54 Å². The Labute approximate surface area is 129 Å². The second-order valence-electron chi connectivity index (χ2n) is 4.88. The molecule has 0 aromatic heterocycles. The number of hydrogen-bond donors (Lipinski definition) is 2. The Balaban J connectivity index is 2.08. The molecule has 2 rings (SSSR count). The predicted octanol–water partition coefficient (Wildman–Crippen LogP) is 4.79. The summed E-state index contributed by atoms with van der Waals surface area (Å²) >= 11 is 3.35. The fourth-order valence-corrected chi connectivity index (χ4v) is 2.70. The number of rotatable bonds is 6. The van der Waals surface area contributed by atoms with E-state index in [2.05, 4.69) is 52.4 Å². The average molecular weight is 334 g/mol. The molecule has 0 aliphatic heterocycles. The zero-order chi connectivity index (χ0) is 14.4. The molecule has 2 N–H and O–H groups in total. The summed E-state index contributed by atoms with van der Waals surface area (Å²) in [6.45, 7) is 2.85. The first-order valence-electron chi connectivity index (χ1n) is 6.97. The van der Waals surface area contributed by atoms with Gasteiger partial charge in [0.15, 0.2) is 0 Å². The molecule has 1 atom stereocenters. The highest BCUT2D eigenvalue weighted by molar-refractivity contribution is 9.10. The van der Waals surface area contributed by atoms with E-state index < -0.39 is 0 Å². The van der Waals surface area contributed by atoms with Gasteiger partial charge in [-0.2, -0.15) is 0 Å². The van der Waals surface area contributed by atoms with Gasteiger partial charge >= 0.3 is 0 Å². The third-order valence-electron chi connectivity index (χ3n) is 3.39. The minimum absolute atomic E-state index is 0.319. The summed E-state index contributed by atoms with van der Waals surface area (Å²) in [5, 5.41) is 13.6. The van der Waals surface area contributed by atoms with Crippen molar-refractivity contribution in [1.82, 2.24) is 5.32 Å². The zero-order valence-corrected chi connectivity index (χ0v) is 13.2. The highest BCUT2D eigenvalue weighted by Crippen LogP contribution is 2.28. The molecule has 20 heavy (non-hydrogen) atoms. The van der Waals surface area contributed by atoms with Gasteiger partial charge in [0.25, 0.3) is 0 Å². The maximum Gasteiger partial charge on any atom is 0.134 e. The van der Waals surface area contributed by atoms with Crippen molar-refractivity contribution in [3.8, 4) is 5.75 Å². The van der Waals surface area contributed by atoms with Crippen LogP contribution in [0.5, 0.6) is 5.75 Å². The van der Waals surface area contributed by atoms with E-state index in [0.29, 0.717) is 18.3 Å². The molecule has 0 heterocycles. The van der Waals surface area contributed by atoms with Crippen LogP contribution in [0.2, 0.25) is 0 Å². The van der Waals surface area contributed by atoms with Gasteiger partial charge in [-0.1, -0.05) is 55.8 Å². The Morgan fingerprint density at radius 3 is 2.55 bits per heavy atom. The second kappa shape index (κ2) is 7.46. The van der Waals surface area contributed by atoms with Gasteiger partial charge < -0.3 is 10.4 Å². The molecule has 1 unspecified atom stereocenters. The van der Waals surface area contributed by atoms with E-state index in [1.807, 2.05) is 24.3 Å². The summed E-state index contributed by atoms with van der Waals surface area (Å²) in [5.41, 5.74) is 2.21. The standard InChI is InChI=1S/C17H20BrNO/c1-2-7-16(13-8-4-3-5-9-13)19-12-14-10-6-11-15(18)17(14)20/h3-6,8-11,16,19-20H,2,7,12H2,1H3. The minimum atomic E-state index is 0.319. The molecule has 3 heteroatoms. The summed E-state index contributed by atoms with van der Waals surface area (Å²) in [6.07, 6.45) is 2.20. The van der Waals surface area contributed by atoms with Gasteiger partial charge in [-0.25, -0.2) is 0 Å². The van der Waals surface area contributed by atoms with Crippen molar-refractivity contribution >= 4 is 15.9 Å². The third-order valence-corrected chi connectivity index (χ3v) is 4.03. The molecule has 2 nitrogen and oxygen atoms in total. The Kier molecular flexibility index (Phi) is 5.62. The lowest BCUT2D eigenvalue weighted by molar-refractivity contribution is 0.448. The van der Waals surface area contributed by atoms with Crippen molar-refractivity contribution in [2.75, 3.05) is 0 Å². The fraction of sp³-hybridized carbons (Fsp3) is 0.294. The smallest absolute Gasteiger partial charge is 0.134 e. The molecule has 0 radical (unpaired) electrons. The minimum Gasteiger partial charge on any atom is -0.506 e. The van der Waals surface area contributed by atoms with Gasteiger partial charge in [0.05, 0.1) is 4.47 Å². The van der Waals surface area contributed by atoms with E-state index >= 15 is 0 Å². The van der Waals surface area contributed by atoms with Crippen molar-refractivity contribution in [2.45, 2.75) is 32.4 Å². The molecule has 0 aliphatic rings. The molecule has 2 aromatic rings. The molecule has 2 aromatic carbocycles. The number of benzene rings is 2. The molecule has 0 bridgehead atoms. The van der Waals surface area contributed by atoms with Crippen LogP contribution in [0, 0.1) is 0 Å². The highest BCUT2D eigenvalue weighted by Gasteiger charge is 2.11. The first kappa shape index (κ1) is 15.1. The van der Waals surface area contributed by atoms with Crippen molar-refractivity contribution in [3.63, 3.8) is 0 Å². The molecule has 0 amide bonds. The van der Waals surface area contributed by atoms with Crippen LogP contribution < -0.4 is 5.32 Å². The van der Waals surface area contributed by atoms with Crippen LogP contribution in [0.25, 0.3) is 0 Å². The summed E-state index contributed by atoms with van der Waals surface area (Å²) in [5.74, 6) is 0.323. The van der Waals surface area contributed by atoms with Gasteiger partial charge in [-0.05, 0) is 34.0 Å². The number of phenols is 1. The van der Waals surface area contributed by atoms with Crippen LogP contribution in [0.4, 0.5) is 0 Å². The normalized spacial score (nSPS) is 12.3. The van der Waals surface area contributed by atoms with Crippen LogP contribution in [0.1, 0.15) is 36.9 Å². The number of nitrogens with one attached hydrogen (secondary N) is 1. The zero-order valence-electron chi connectivity index (χ0n) is 11.6. The van der Waals surface area contributed by atoms with Gasteiger partial charge in [0, 0.05) is 18.2 Å². The quantitative estimate of drug-likeness (QED) is 0.796. The Hall–Kier alpha value is -1.32. The van der Waals surface area contributed by atoms with Gasteiger partial charge in [0.2, 0.25) is 0 Å². The Morgan fingerprint density at radius 1 is 1.10 bits per heavy atom. The molecule has 0 saturated carbocycles. The Bertz CT molecular complexity index is 542. The van der Waals surface area contributed by atoms with Crippen LogP contribution in [-0.4, -0.2) is 5.11 Å². The van der Waals surface area contributed by atoms with E-state index in [-0.39, 0.29) is 0 Å². The van der Waals surface area contributed by atoms with E-state index in [4.69, 9.17) is 0 Å². The maximum atomic E-state index is 10.0. The van der Waals surface area contributed by atoms with Crippen LogP contribution >= 0.6 is 15.9 Å². The fourth-order valence-electron chi connectivity index (χ4n) is 2.30. The largest absolute Gasteiger partial charge is 0.506 e. The molecule has 0 fully saturated rings. The number of aromatic hydroxyl groups is 1. The number of para-hydroxylation sites is 1. The van der Waals surface area contributed by atoms with Crippen molar-refractivity contribution in [2.24, 2.45) is 0 Å². The summed E-state index contributed by atoms with van der Waals surface area (Å²) in [6, 6.07) is 16.5. The number of halogens is 1. The molecule has 0 spiro atoms. The second-order valence-corrected chi connectivity index (χ2v) is 5.73.